The van der Waals surface area contributed by atoms with Gasteiger partial charge in [0, 0.05) is 26.5 Å². The van der Waals surface area contributed by atoms with Crippen LogP contribution in [0.1, 0.15) is 11.1 Å². The van der Waals surface area contributed by atoms with Gasteiger partial charge in [-0.25, -0.2) is 13.1 Å². The summed E-state index contributed by atoms with van der Waals surface area (Å²) in [5.74, 6) is 0. The molecule has 0 bridgehead atoms. The summed E-state index contributed by atoms with van der Waals surface area (Å²) in [6.45, 7) is 0.243. The third-order valence-electron chi connectivity index (χ3n) is 5.19. The Kier molecular flexibility index (Phi) is 4.31. The number of hydrogen-bond acceptors (Lipinski definition) is 3. The van der Waals surface area contributed by atoms with Crippen LogP contribution in [-0.2, 0) is 27.6 Å². The van der Waals surface area contributed by atoms with Crippen LogP contribution in [0.5, 0.6) is 0 Å². The van der Waals surface area contributed by atoms with Gasteiger partial charge in [-0.2, -0.15) is 0 Å². The van der Waals surface area contributed by atoms with Crippen molar-refractivity contribution < 1.29 is 13.2 Å². The molecular formula is C21H21NO3S. The zero-order valence-electron chi connectivity index (χ0n) is 14.6. The summed E-state index contributed by atoms with van der Waals surface area (Å²) >= 11 is 0. The summed E-state index contributed by atoms with van der Waals surface area (Å²) in [5.41, 5.74) is 1.91. The van der Waals surface area contributed by atoms with Crippen LogP contribution < -0.4 is 4.72 Å². The number of methoxy groups -OCH3 is 1. The minimum atomic E-state index is -3.60. The Labute approximate surface area is 153 Å². The van der Waals surface area contributed by atoms with Gasteiger partial charge in [0.2, 0.25) is 10.0 Å². The van der Waals surface area contributed by atoms with E-state index in [9.17, 15) is 8.42 Å². The molecule has 3 aromatic carbocycles. The van der Waals surface area contributed by atoms with Crippen LogP contribution in [0.25, 0.3) is 10.8 Å². The SMILES string of the molecule is COC1(CNS(=O)(=O)c2ccc3ccccc3c2)Cc2ccccc2C1. The summed E-state index contributed by atoms with van der Waals surface area (Å²) in [5, 5.41) is 1.93. The Morgan fingerprint density at radius 2 is 1.54 bits per heavy atom. The summed E-state index contributed by atoms with van der Waals surface area (Å²) in [7, 11) is -1.96. The van der Waals surface area contributed by atoms with Gasteiger partial charge in [-0.1, -0.05) is 54.6 Å². The normalized spacial score (nSPS) is 15.9. The van der Waals surface area contributed by atoms with Crippen LogP contribution in [0.3, 0.4) is 0 Å². The first-order chi connectivity index (χ1) is 12.5. The lowest BCUT2D eigenvalue weighted by Crippen LogP contribution is -2.45. The van der Waals surface area contributed by atoms with E-state index in [-0.39, 0.29) is 11.4 Å². The third kappa shape index (κ3) is 3.14. The molecule has 0 saturated carbocycles. The smallest absolute Gasteiger partial charge is 0.240 e. The first-order valence-corrected chi connectivity index (χ1v) is 10.1. The fourth-order valence-corrected chi connectivity index (χ4v) is 4.79. The molecule has 5 heteroatoms. The maximum Gasteiger partial charge on any atom is 0.240 e. The van der Waals surface area contributed by atoms with Gasteiger partial charge in [-0.15, -0.1) is 0 Å². The molecule has 134 valence electrons. The molecule has 0 amide bonds. The molecule has 26 heavy (non-hydrogen) atoms. The van der Waals surface area contributed by atoms with Crippen molar-refractivity contribution >= 4 is 20.8 Å². The molecular weight excluding hydrogens is 346 g/mol. The van der Waals surface area contributed by atoms with E-state index < -0.39 is 15.6 Å². The lowest BCUT2D eigenvalue weighted by Gasteiger charge is -2.27. The Balaban J connectivity index is 1.56. The van der Waals surface area contributed by atoms with Crippen molar-refractivity contribution in [3.63, 3.8) is 0 Å². The van der Waals surface area contributed by atoms with Crippen molar-refractivity contribution in [3.05, 3.63) is 77.9 Å². The predicted molar refractivity (Wildman–Crippen MR) is 103 cm³/mol. The summed E-state index contributed by atoms with van der Waals surface area (Å²) < 4.78 is 34.1. The minimum absolute atomic E-state index is 0.243. The van der Waals surface area contributed by atoms with Crippen LogP contribution in [0.15, 0.2) is 71.6 Å². The molecule has 1 aliphatic carbocycles. The lowest BCUT2D eigenvalue weighted by atomic mass is 10.0. The monoisotopic (exact) mass is 367 g/mol. The van der Waals surface area contributed by atoms with Crippen molar-refractivity contribution in [2.45, 2.75) is 23.3 Å². The second-order valence-electron chi connectivity index (χ2n) is 6.84. The molecule has 4 nitrogen and oxygen atoms in total. The highest BCUT2D eigenvalue weighted by Crippen LogP contribution is 2.32. The number of sulfonamides is 1. The second-order valence-corrected chi connectivity index (χ2v) is 8.61. The maximum absolute atomic E-state index is 12.8. The zero-order valence-corrected chi connectivity index (χ0v) is 15.4. The van der Waals surface area contributed by atoms with Crippen molar-refractivity contribution in [2.75, 3.05) is 13.7 Å². The highest BCUT2D eigenvalue weighted by molar-refractivity contribution is 7.89. The highest BCUT2D eigenvalue weighted by Gasteiger charge is 2.38. The van der Waals surface area contributed by atoms with Gasteiger partial charge in [-0.05, 0) is 34.0 Å². The van der Waals surface area contributed by atoms with E-state index in [0.717, 1.165) is 10.8 Å². The molecule has 0 spiro atoms. The van der Waals surface area contributed by atoms with E-state index in [1.165, 1.54) is 11.1 Å². The number of nitrogens with one attached hydrogen (secondary N) is 1. The molecule has 4 rings (SSSR count). The molecule has 0 radical (unpaired) electrons. The quantitative estimate of drug-likeness (QED) is 0.753. The zero-order chi connectivity index (χ0) is 18.2. The van der Waals surface area contributed by atoms with Gasteiger partial charge >= 0.3 is 0 Å². The van der Waals surface area contributed by atoms with Crippen molar-refractivity contribution in [1.82, 2.24) is 4.72 Å². The Hall–Kier alpha value is -2.21. The molecule has 0 unspecified atom stereocenters. The molecule has 0 heterocycles. The van der Waals surface area contributed by atoms with Crippen LogP contribution >= 0.6 is 0 Å². The first kappa shape index (κ1) is 17.2. The van der Waals surface area contributed by atoms with Gasteiger partial charge < -0.3 is 4.74 Å². The predicted octanol–water partition coefficient (Wildman–Crippen LogP) is 3.30. The summed E-state index contributed by atoms with van der Waals surface area (Å²) in [4.78, 5) is 0.276. The summed E-state index contributed by atoms with van der Waals surface area (Å²) in [6, 6.07) is 21.1. The molecule has 0 saturated heterocycles. The van der Waals surface area contributed by atoms with E-state index in [2.05, 4.69) is 16.9 Å². The highest BCUT2D eigenvalue weighted by atomic mass is 32.2. The van der Waals surface area contributed by atoms with E-state index in [4.69, 9.17) is 4.74 Å². The molecule has 0 aliphatic heterocycles. The van der Waals surface area contributed by atoms with Gasteiger partial charge in [-0.3, -0.25) is 0 Å². The van der Waals surface area contributed by atoms with Crippen LogP contribution in [-0.4, -0.2) is 27.7 Å². The van der Waals surface area contributed by atoms with Crippen molar-refractivity contribution in [2.24, 2.45) is 0 Å². The fourth-order valence-electron chi connectivity index (χ4n) is 3.65. The fraction of sp³-hybridized carbons (Fsp3) is 0.238. The van der Waals surface area contributed by atoms with E-state index in [1.807, 2.05) is 42.5 Å². The average molecular weight is 367 g/mol. The standard InChI is InChI=1S/C21H21NO3S/c1-25-21(13-18-8-4-5-9-19(18)14-21)15-22-26(23,24)20-11-10-16-6-2-3-7-17(16)12-20/h2-12,22H,13-15H2,1H3. The van der Waals surface area contributed by atoms with E-state index in [0.29, 0.717) is 12.8 Å². The van der Waals surface area contributed by atoms with Crippen molar-refractivity contribution in [1.29, 1.82) is 0 Å². The number of hydrogen-bond donors (Lipinski definition) is 1. The molecule has 1 aliphatic rings. The topological polar surface area (TPSA) is 55.4 Å². The van der Waals surface area contributed by atoms with Crippen LogP contribution in [0.4, 0.5) is 0 Å². The van der Waals surface area contributed by atoms with Gasteiger partial charge in [0.15, 0.2) is 0 Å². The average Bonchev–Trinajstić information content (AvgIpc) is 3.05. The number of benzene rings is 3. The van der Waals surface area contributed by atoms with Crippen molar-refractivity contribution in [3.8, 4) is 0 Å². The molecule has 0 atom stereocenters. The molecule has 3 aromatic rings. The number of fused-ring (bicyclic) bond motifs is 2. The lowest BCUT2D eigenvalue weighted by molar-refractivity contribution is 0.00378. The maximum atomic E-state index is 12.8. The van der Waals surface area contributed by atoms with Gasteiger partial charge in [0.1, 0.15) is 0 Å². The third-order valence-corrected chi connectivity index (χ3v) is 6.59. The van der Waals surface area contributed by atoms with E-state index in [1.54, 1.807) is 19.2 Å². The van der Waals surface area contributed by atoms with Crippen LogP contribution in [0, 0.1) is 0 Å². The Bertz CT molecular complexity index is 1030. The largest absolute Gasteiger partial charge is 0.376 e. The van der Waals surface area contributed by atoms with E-state index >= 15 is 0 Å². The molecule has 0 fully saturated rings. The number of rotatable bonds is 5. The summed E-state index contributed by atoms with van der Waals surface area (Å²) in [6.07, 6.45) is 1.42. The Morgan fingerprint density at radius 3 is 2.19 bits per heavy atom. The number of ether oxygens (including phenoxy) is 1. The van der Waals surface area contributed by atoms with Crippen LogP contribution in [0.2, 0.25) is 0 Å². The van der Waals surface area contributed by atoms with Gasteiger partial charge in [0.05, 0.1) is 10.5 Å². The Morgan fingerprint density at radius 1 is 0.923 bits per heavy atom. The van der Waals surface area contributed by atoms with Gasteiger partial charge in [0.25, 0.3) is 0 Å². The minimum Gasteiger partial charge on any atom is -0.376 e. The molecule has 1 N–H and O–H groups in total. The second kappa shape index (κ2) is 6.50. The molecule has 0 aromatic heterocycles. The first-order valence-electron chi connectivity index (χ1n) is 8.62.